The Morgan fingerprint density at radius 1 is 1.45 bits per heavy atom. The molecule has 0 aliphatic heterocycles. The third-order valence-electron chi connectivity index (χ3n) is 2.94. The van der Waals surface area contributed by atoms with E-state index >= 15 is 0 Å². The van der Waals surface area contributed by atoms with Crippen LogP contribution in [-0.4, -0.2) is 11.9 Å². The summed E-state index contributed by atoms with van der Waals surface area (Å²) in [6, 6.07) is 9.63. The van der Waals surface area contributed by atoms with Gasteiger partial charge in [0, 0.05) is 11.1 Å². The van der Waals surface area contributed by atoms with Crippen LogP contribution in [0.4, 0.5) is 0 Å². The van der Waals surface area contributed by atoms with E-state index in [4.69, 9.17) is 11.6 Å². The van der Waals surface area contributed by atoms with E-state index in [2.05, 4.69) is 21.2 Å². The number of halogens is 2. The maximum absolute atomic E-state index is 12.1. The summed E-state index contributed by atoms with van der Waals surface area (Å²) in [6.07, 6.45) is 0.719. The number of benzene rings is 1. The van der Waals surface area contributed by atoms with Gasteiger partial charge in [-0.3, -0.25) is 4.79 Å². The van der Waals surface area contributed by atoms with Crippen LogP contribution in [0.3, 0.4) is 0 Å². The van der Waals surface area contributed by atoms with E-state index in [1.165, 1.54) is 11.3 Å². The third-order valence-corrected chi connectivity index (χ3v) is 5.45. The largest absolute Gasteiger partial charge is 0.349 e. The minimum absolute atomic E-state index is 0.0311. The number of rotatable bonds is 4. The van der Waals surface area contributed by atoms with Gasteiger partial charge in [-0.25, -0.2) is 0 Å². The van der Waals surface area contributed by atoms with E-state index in [0.29, 0.717) is 0 Å². The second-order valence-electron chi connectivity index (χ2n) is 4.74. The molecule has 2 nitrogen and oxygen atoms in total. The maximum atomic E-state index is 12.1. The zero-order valence-corrected chi connectivity index (χ0v) is 14.4. The normalized spacial score (nSPS) is 12.2. The summed E-state index contributed by atoms with van der Waals surface area (Å²) in [6.45, 7) is 3.96. The molecule has 1 atom stereocenters. The lowest BCUT2D eigenvalue weighted by Crippen LogP contribution is -2.33. The second kappa shape index (κ2) is 6.74. The fourth-order valence-corrected chi connectivity index (χ4v) is 3.56. The number of aryl methyl sites for hydroxylation is 1. The lowest BCUT2D eigenvalue weighted by atomic mass is 10.1. The first kappa shape index (κ1) is 15.5. The van der Waals surface area contributed by atoms with Crippen LogP contribution in [0.25, 0.3) is 0 Å². The number of carbonyl (C=O) groups is 1. The summed E-state index contributed by atoms with van der Waals surface area (Å²) in [5.41, 5.74) is 2.13. The molecule has 1 aromatic carbocycles. The highest BCUT2D eigenvalue weighted by Gasteiger charge is 2.14. The van der Waals surface area contributed by atoms with Gasteiger partial charge in [0.2, 0.25) is 0 Å². The van der Waals surface area contributed by atoms with E-state index in [0.717, 1.165) is 31.2 Å². The van der Waals surface area contributed by atoms with Crippen molar-refractivity contribution < 1.29 is 4.79 Å². The molecular weight excluding hydrogens is 358 g/mol. The number of amides is 1. The first-order valence-electron chi connectivity index (χ1n) is 6.27. The van der Waals surface area contributed by atoms with Gasteiger partial charge in [0.25, 0.3) is 5.91 Å². The molecule has 1 unspecified atom stereocenters. The van der Waals surface area contributed by atoms with E-state index in [9.17, 15) is 4.79 Å². The maximum Gasteiger partial charge on any atom is 0.261 e. The zero-order valence-electron chi connectivity index (χ0n) is 11.2. The molecule has 2 rings (SSSR count). The fraction of sp³-hybridized carbons (Fsp3) is 0.267. The SMILES string of the molecule is Cc1cc(C(=O)NC(C)Cc2ccccc2Cl)sc1Br. The molecule has 0 radical (unpaired) electrons. The highest BCUT2D eigenvalue weighted by molar-refractivity contribution is 9.11. The van der Waals surface area contributed by atoms with Crippen molar-refractivity contribution in [1.29, 1.82) is 0 Å². The van der Waals surface area contributed by atoms with Crippen LogP contribution < -0.4 is 5.32 Å². The smallest absolute Gasteiger partial charge is 0.261 e. The van der Waals surface area contributed by atoms with Gasteiger partial charge < -0.3 is 5.32 Å². The molecule has 0 aliphatic carbocycles. The van der Waals surface area contributed by atoms with E-state index in [1.54, 1.807) is 0 Å². The third kappa shape index (κ3) is 3.84. The summed E-state index contributed by atoms with van der Waals surface area (Å²) in [7, 11) is 0. The van der Waals surface area contributed by atoms with E-state index < -0.39 is 0 Å². The second-order valence-corrected chi connectivity index (χ2v) is 7.51. The lowest BCUT2D eigenvalue weighted by molar-refractivity contribution is 0.0944. The number of hydrogen-bond acceptors (Lipinski definition) is 2. The molecule has 20 heavy (non-hydrogen) atoms. The fourth-order valence-electron chi connectivity index (χ4n) is 1.91. The average Bonchev–Trinajstić information content (AvgIpc) is 2.72. The summed E-state index contributed by atoms with van der Waals surface area (Å²) >= 11 is 11.0. The number of carbonyl (C=O) groups excluding carboxylic acids is 1. The van der Waals surface area contributed by atoms with Crippen molar-refractivity contribution in [3.05, 3.63) is 55.1 Å². The van der Waals surface area contributed by atoms with Gasteiger partial charge in [0.15, 0.2) is 0 Å². The molecule has 1 amide bonds. The van der Waals surface area contributed by atoms with Crippen molar-refractivity contribution in [1.82, 2.24) is 5.32 Å². The van der Waals surface area contributed by atoms with Crippen LogP contribution in [0.2, 0.25) is 5.02 Å². The Bertz CT molecular complexity index is 607. The Balaban J connectivity index is 1.99. The van der Waals surface area contributed by atoms with Crippen molar-refractivity contribution in [2.75, 3.05) is 0 Å². The summed E-state index contributed by atoms with van der Waals surface area (Å²) in [5, 5.41) is 3.74. The molecule has 0 aliphatic rings. The van der Waals surface area contributed by atoms with Gasteiger partial charge in [-0.1, -0.05) is 29.8 Å². The number of nitrogens with one attached hydrogen (secondary N) is 1. The van der Waals surface area contributed by atoms with Gasteiger partial charge >= 0.3 is 0 Å². The molecule has 1 heterocycles. The molecule has 0 bridgehead atoms. The van der Waals surface area contributed by atoms with Gasteiger partial charge in [0.05, 0.1) is 8.66 Å². The Labute approximate surface area is 136 Å². The molecule has 0 saturated carbocycles. The molecular formula is C15H15BrClNOS. The predicted molar refractivity (Wildman–Crippen MR) is 88.8 cm³/mol. The first-order valence-corrected chi connectivity index (χ1v) is 8.26. The quantitative estimate of drug-likeness (QED) is 0.818. The standard InChI is InChI=1S/C15H15BrClNOS/c1-9-7-13(20-14(9)16)15(19)18-10(2)8-11-5-3-4-6-12(11)17/h3-7,10H,8H2,1-2H3,(H,18,19). The monoisotopic (exact) mass is 371 g/mol. The Morgan fingerprint density at radius 3 is 2.75 bits per heavy atom. The lowest BCUT2D eigenvalue weighted by Gasteiger charge is -2.14. The minimum Gasteiger partial charge on any atom is -0.349 e. The molecule has 0 fully saturated rings. The first-order chi connectivity index (χ1) is 9.47. The van der Waals surface area contributed by atoms with Crippen LogP contribution in [0.15, 0.2) is 34.1 Å². The Morgan fingerprint density at radius 2 is 2.15 bits per heavy atom. The minimum atomic E-state index is -0.0386. The van der Waals surface area contributed by atoms with Crippen molar-refractivity contribution in [3.8, 4) is 0 Å². The molecule has 106 valence electrons. The van der Waals surface area contributed by atoms with Crippen LogP contribution in [0.5, 0.6) is 0 Å². The Hall–Kier alpha value is -0.840. The molecule has 0 saturated heterocycles. The highest BCUT2D eigenvalue weighted by atomic mass is 79.9. The summed E-state index contributed by atoms with van der Waals surface area (Å²) in [4.78, 5) is 12.9. The average molecular weight is 373 g/mol. The van der Waals surface area contributed by atoms with Crippen molar-refractivity contribution in [2.45, 2.75) is 26.3 Å². The van der Waals surface area contributed by atoms with Gasteiger partial charge in [-0.15, -0.1) is 11.3 Å². The zero-order chi connectivity index (χ0) is 14.7. The van der Waals surface area contributed by atoms with Crippen LogP contribution >= 0.6 is 38.9 Å². The van der Waals surface area contributed by atoms with Crippen LogP contribution in [-0.2, 0) is 6.42 Å². The summed E-state index contributed by atoms with van der Waals surface area (Å²) in [5.74, 6) is -0.0386. The van der Waals surface area contributed by atoms with Crippen molar-refractivity contribution in [2.24, 2.45) is 0 Å². The molecule has 0 spiro atoms. The van der Waals surface area contributed by atoms with Crippen molar-refractivity contribution in [3.63, 3.8) is 0 Å². The summed E-state index contributed by atoms with van der Waals surface area (Å²) < 4.78 is 1.00. The Kier molecular flexibility index (Phi) is 5.24. The highest BCUT2D eigenvalue weighted by Crippen LogP contribution is 2.27. The molecule has 1 aromatic heterocycles. The molecule has 2 aromatic rings. The predicted octanol–water partition coefficient (Wildman–Crippen LogP) is 4.83. The van der Waals surface area contributed by atoms with Crippen LogP contribution in [0.1, 0.15) is 27.7 Å². The molecule has 1 N–H and O–H groups in total. The topological polar surface area (TPSA) is 29.1 Å². The van der Waals surface area contributed by atoms with E-state index in [-0.39, 0.29) is 11.9 Å². The van der Waals surface area contributed by atoms with Gasteiger partial charge in [0.1, 0.15) is 0 Å². The van der Waals surface area contributed by atoms with Crippen molar-refractivity contribution >= 4 is 44.8 Å². The van der Waals surface area contributed by atoms with E-state index in [1.807, 2.05) is 44.2 Å². The van der Waals surface area contributed by atoms with Crippen LogP contribution in [0, 0.1) is 6.92 Å². The number of hydrogen-bond donors (Lipinski definition) is 1. The van der Waals surface area contributed by atoms with Gasteiger partial charge in [-0.05, 0) is 59.5 Å². The van der Waals surface area contributed by atoms with Gasteiger partial charge in [-0.2, -0.15) is 0 Å². The molecule has 5 heteroatoms. The number of thiophene rings is 1.